The van der Waals surface area contributed by atoms with Crippen LogP contribution < -0.4 is 0 Å². The monoisotopic (exact) mass is 400 g/mol. The lowest BCUT2D eigenvalue weighted by Crippen LogP contribution is -2.05. The molecule has 0 aliphatic carbocycles. The third-order valence-corrected chi connectivity index (χ3v) is 5.31. The van der Waals surface area contributed by atoms with E-state index in [4.69, 9.17) is 5.10 Å². The van der Waals surface area contributed by atoms with E-state index in [-0.39, 0.29) is 0 Å². The summed E-state index contributed by atoms with van der Waals surface area (Å²) in [6.07, 6.45) is 5.44. The molecule has 0 unspecified atom stereocenters. The number of hydrogen-bond donors (Lipinski definition) is 1. The van der Waals surface area contributed by atoms with Crippen LogP contribution in [0.1, 0.15) is 50.1 Å². The van der Waals surface area contributed by atoms with E-state index in [2.05, 4.69) is 75.6 Å². The van der Waals surface area contributed by atoms with Crippen LogP contribution in [0.5, 0.6) is 0 Å². The number of H-pyrrole nitrogens is 1. The van der Waals surface area contributed by atoms with Gasteiger partial charge in [-0.3, -0.25) is 4.68 Å². The normalized spacial score (nSPS) is 11.1. The van der Waals surface area contributed by atoms with Gasteiger partial charge in [0.1, 0.15) is 0 Å². The molecule has 30 heavy (non-hydrogen) atoms. The second kappa shape index (κ2) is 9.48. The van der Waals surface area contributed by atoms with Gasteiger partial charge in [-0.1, -0.05) is 75.2 Å². The smallest absolute Gasteiger partial charge is 0.205 e. The molecule has 0 aliphatic heterocycles. The van der Waals surface area contributed by atoms with E-state index in [1.54, 1.807) is 0 Å². The summed E-state index contributed by atoms with van der Waals surface area (Å²) in [5, 5.41) is 19.4. The van der Waals surface area contributed by atoms with Gasteiger partial charge in [0.05, 0.1) is 5.69 Å². The lowest BCUT2D eigenvalue weighted by Gasteiger charge is -2.08. The largest absolute Gasteiger partial charge is 0.269 e. The Hall–Kier alpha value is -3.28. The van der Waals surface area contributed by atoms with Crippen molar-refractivity contribution in [2.75, 3.05) is 0 Å². The standard InChI is InChI=1S/C24H28N6/c1-3-5-15-30-21(8-4-2)17-20(27-30)16-18-11-13-19(14-12-18)22-9-6-7-10-23(22)24-25-28-29-26-24/h6-7,9-14,17H,3-5,8,15-16H2,1-2H3,(H,25,26,28,29). The molecular weight excluding hydrogens is 372 g/mol. The summed E-state index contributed by atoms with van der Waals surface area (Å²) in [6.45, 7) is 5.46. The second-order valence-corrected chi connectivity index (χ2v) is 7.61. The highest BCUT2D eigenvalue weighted by atomic mass is 15.5. The zero-order chi connectivity index (χ0) is 20.8. The maximum absolute atomic E-state index is 4.88. The Labute approximate surface area is 177 Å². The number of tetrazole rings is 1. The van der Waals surface area contributed by atoms with Gasteiger partial charge in [0, 0.05) is 24.2 Å². The van der Waals surface area contributed by atoms with Crippen molar-refractivity contribution < 1.29 is 0 Å². The first-order valence-corrected chi connectivity index (χ1v) is 10.8. The molecule has 2 aromatic carbocycles. The van der Waals surface area contributed by atoms with Crippen molar-refractivity contribution in [3.63, 3.8) is 0 Å². The molecule has 0 saturated carbocycles. The van der Waals surface area contributed by atoms with Crippen molar-refractivity contribution in [3.8, 4) is 22.5 Å². The number of nitrogens with one attached hydrogen (secondary N) is 1. The highest BCUT2D eigenvalue weighted by molar-refractivity contribution is 5.80. The molecule has 0 radical (unpaired) electrons. The molecule has 4 rings (SSSR count). The quantitative estimate of drug-likeness (QED) is 0.425. The number of aromatic amines is 1. The molecular formula is C24H28N6. The van der Waals surface area contributed by atoms with E-state index in [1.807, 2.05) is 18.2 Å². The predicted molar refractivity (Wildman–Crippen MR) is 119 cm³/mol. The Bertz CT molecular complexity index is 1060. The fourth-order valence-corrected chi connectivity index (χ4v) is 3.78. The molecule has 0 bridgehead atoms. The topological polar surface area (TPSA) is 72.3 Å². The predicted octanol–water partition coefficient (Wildman–Crippen LogP) is 5.07. The van der Waals surface area contributed by atoms with Gasteiger partial charge in [0.15, 0.2) is 0 Å². The Balaban J connectivity index is 1.54. The summed E-state index contributed by atoms with van der Waals surface area (Å²) in [6, 6.07) is 19.1. The third-order valence-electron chi connectivity index (χ3n) is 5.31. The van der Waals surface area contributed by atoms with Crippen molar-refractivity contribution in [1.82, 2.24) is 30.4 Å². The molecule has 4 aromatic rings. The van der Waals surface area contributed by atoms with Crippen LogP contribution >= 0.6 is 0 Å². The molecule has 0 amide bonds. The van der Waals surface area contributed by atoms with Crippen molar-refractivity contribution in [2.24, 2.45) is 0 Å². The maximum Gasteiger partial charge on any atom is 0.205 e. The average Bonchev–Trinajstić information content (AvgIpc) is 3.44. The summed E-state index contributed by atoms with van der Waals surface area (Å²) >= 11 is 0. The van der Waals surface area contributed by atoms with Crippen molar-refractivity contribution in [2.45, 2.75) is 52.5 Å². The van der Waals surface area contributed by atoms with E-state index in [1.165, 1.54) is 24.1 Å². The Morgan fingerprint density at radius 3 is 2.43 bits per heavy atom. The summed E-state index contributed by atoms with van der Waals surface area (Å²) < 4.78 is 2.21. The van der Waals surface area contributed by atoms with Gasteiger partial charge in [-0.05, 0) is 40.8 Å². The molecule has 1 N–H and O–H groups in total. The zero-order valence-electron chi connectivity index (χ0n) is 17.7. The Morgan fingerprint density at radius 2 is 1.73 bits per heavy atom. The van der Waals surface area contributed by atoms with E-state index in [0.717, 1.165) is 48.2 Å². The van der Waals surface area contributed by atoms with Crippen LogP contribution in [0.2, 0.25) is 0 Å². The van der Waals surface area contributed by atoms with Crippen molar-refractivity contribution in [1.29, 1.82) is 0 Å². The number of unbranched alkanes of at least 4 members (excludes halogenated alkanes) is 1. The first-order chi connectivity index (χ1) is 14.8. The lowest BCUT2D eigenvalue weighted by molar-refractivity contribution is 0.542. The van der Waals surface area contributed by atoms with E-state index < -0.39 is 0 Å². The SMILES string of the molecule is CCCCn1nc(Cc2ccc(-c3ccccc3-c3nn[nH]n3)cc2)cc1CCC. The summed E-state index contributed by atoms with van der Waals surface area (Å²) in [4.78, 5) is 0. The molecule has 0 aliphatic rings. The number of aromatic nitrogens is 6. The molecule has 2 aromatic heterocycles. The van der Waals surface area contributed by atoms with Gasteiger partial charge >= 0.3 is 0 Å². The molecule has 2 heterocycles. The van der Waals surface area contributed by atoms with Crippen LogP contribution in [-0.2, 0) is 19.4 Å². The molecule has 6 heteroatoms. The third kappa shape index (κ3) is 4.48. The average molecular weight is 401 g/mol. The number of rotatable bonds is 9. The van der Waals surface area contributed by atoms with Gasteiger partial charge in [-0.15, -0.1) is 10.2 Å². The maximum atomic E-state index is 4.88. The van der Waals surface area contributed by atoms with Crippen LogP contribution in [-0.4, -0.2) is 30.4 Å². The number of nitrogens with zero attached hydrogens (tertiary/aromatic N) is 5. The first kappa shape index (κ1) is 20.0. The van der Waals surface area contributed by atoms with Gasteiger partial charge in [0.2, 0.25) is 5.82 Å². The molecule has 0 fully saturated rings. The second-order valence-electron chi connectivity index (χ2n) is 7.61. The Morgan fingerprint density at radius 1 is 0.933 bits per heavy atom. The fourth-order valence-electron chi connectivity index (χ4n) is 3.78. The van der Waals surface area contributed by atoms with Crippen LogP contribution in [0.3, 0.4) is 0 Å². The van der Waals surface area contributed by atoms with Crippen molar-refractivity contribution in [3.05, 3.63) is 71.5 Å². The molecule has 0 saturated heterocycles. The highest BCUT2D eigenvalue weighted by Crippen LogP contribution is 2.30. The minimum absolute atomic E-state index is 0.607. The Kier molecular flexibility index (Phi) is 6.32. The van der Waals surface area contributed by atoms with Crippen molar-refractivity contribution >= 4 is 0 Å². The van der Waals surface area contributed by atoms with Crippen LogP contribution in [0.15, 0.2) is 54.6 Å². The molecule has 0 atom stereocenters. The van der Waals surface area contributed by atoms with Gasteiger partial charge < -0.3 is 0 Å². The van der Waals surface area contributed by atoms with E-state index in [0.29, 0.717) is 5.82 Å². The van der Waals surface area contributed by atoms with Crippen LogP contribution in [0.25, 0.3) is 22.5 Å². The van der Waals surface area contributed by atoms with Gasteiger partial charge in [-0.2, -0.15) is 10.3 Å². The number of benzene rings is 2. The highest BCUT2D eigenvalue weighted by Gasteiger charge is 2.11. The summed E-state index contributed by atoms with van der Waals surface area (Å²) in [5.41, 5.74) is 6.97. The van der Waals surface area contributed by atoms with Crippen LogP contribution in [0.4, 0.5) is 0 Å². The van der Waals surface area contributed by atoms with Crippen LogP contribution in [0, 0.1) is 0 Å². The van der Waals surface area contributed by atoms with E-state index >= 15 is 0 Å². The fraction of sp³-hybridized carbons (Fsp3) is 0.333. The number of aryl methyl sites for hydroxylation is 2. The lowest BCUT2D eigenvalue weighted by atomic mass is 9.97. The number of hydrogen-bond acceptors (Lipinski definition) is 4. The molecule has 0 spiro atoms. The minimum Gasteiger partial charge on any atom is -0.269 e. The summed E-state index contributed by atoms with van der Waals surface area (Å²) in [7, 11) is 0. The van der Waals surface area contributed by atoms with E-state index in [9.17, 15) is 0 Å². The molecule has 154 valence electrons. The summed E-state index contributed by atoms with van der Waals surface area (Å²) in [5.74, 6) is 0.607. The zero-order valence-corrected chi connectivity index (χ0v) is 17.7. The minimum atomic E-state index is 0.607. The van der Waals surface area contributed by atoms with Gasteiger partial charge in [-0.25, -0.2) is 0 Å². The molecule has 6 nitrogen and oxygen atoms in total. The first-order valence-electron chi connectivity index (χ1n) is 10.8. The van der Waals surface area contributed by atoms with Gasteiger partial charge in [0.25, 0.3) is 0 Å².